The molecule has 0 fully saturated rings. The van der Waals surface area contributed by atoms with E-state index in [1.54, 1.807) is 16.8 Å². The second-order valence-electron chi connectivity index (χ2n) is 4.83. The lowest BCUT2D eigenvalue weighted by molar-refractivity contribution is -0.113. The van der Waals surface area contributed by atoms with Crippen molar-refractivity contribution in [3.8, 4) is 0 Å². The Bertz CT molecular complexity index is 545. The molecule has 2 aromatic rings. The van der Waals surface area contributed by atoms with Gasteiger partial charge in [-0.3, -0.25) is 10.1 Å². The van der Waals surface area contributed by atoms with Crippen LogP contribution in [0.3, 0.4) is 0 Å². The quantitative estimate of drug-likeness (QED) is 0.879. The molecule has 0 saturated heterocycles. The van der Waals surface area contributed by atoms with Gasteiger partial charge in [0.25, 0.3) is 0 Å². The van der Waals surface area contributed by atoms with Crippen molar-refractivity contribution in [3.05, 3.63) is 16.6 Å². The van der Waals surface area contributed by atoms with Crippen LogP contribution in [0.5, 0.6) is 0 Å². The zero-order chi connectivity index (χ0) is 13.9. The van der Waals surface area contributed by atoms with Crippen molar-refractivity contribution in [2.45, 2.75) is 30.5 Å². The Morgan fingerprint density at radius 1 is 1.42 bits per heavy atom. The van der Waals surface area contributed by atoms with Gasteiger partial charge in [-0.25, -0.2) is 4.98 Å². The van der Waals surface area contributed by atoms with Crippen LogP contribution < -0.4 is 5.32 Å². The van der Waals surface area contributed by atoms with Gasteiger partial charge in [0.1, 0.15) is 5.51 Å². The number of nitrogens with one attached hydrogen (secondary N) is 1. The lowest BCUT2D eigenvalue weighted by Gasteiger charge is -2.14. The molecule has 1 amide bonds. The molecule has 2 heterocycles. The highest BCUT2D eigenvalue weighted by Crippen LogP contribution is 2.29. The number of thioether (sulfide) groups is 1. The molecule has 19 heavy (non-hydrogen) atoms. The fourth-order valence-electron chi connectivity index (χ4n) is 1.18. The molecule has 0 bridgehead atoms. The first-order chi connectivity index (χ1) is 8.95. The van der Waals surface area contributed by atoms with Crippen LogP contribution in [-0.2, 0) is 10.2 Å². The highest BCUT2D eigenvalue weighted by Gasteiger charge is 2.18. The van der Waals surface area contributed by atoms with Gasteiger partial charge >= 0.3 is 0 Å². The van der Waals surface area contributed by atoms with Crippen LogP contribution >= 0.6 is 34.4 Å². The van der Waals surface area contributed by atoms with E-state index < -0.39 is 0 Å². The van der Waals surface area contributed by atoms with Crippen molar-refractivity contribution in [2.75, 3.05) is 11.1 Å². The first kappa shape index (κ1) is 14.4. The van der Waals surface area contributed by atoms with E-state index in [2.05, 4.69) is 41.3 Å². The third kappa shape index (κ3) is 4.26. The number of anilines is 1. The van der Waals surface area contributed by atoms with Crippen molar-refractivity contribution in [1.82, 2.24) is 15.2 Å². The first-order valence-corrected chi connectivity index (χ1v) is 8.34. The summed E-state index contributed by atoms with van der Waals surface area (Å²) in [5.41, 5.74) is 2.69. The molecule has 102 valence electrons. The fourth-order valence-corrected chi connectivity index (χ4v) is 3.49. The number of rotatable bonds is 4. The van der Waals surface area contributed by atoms with Crippen molar-refractivity contribution >= 4 is 45.5 Å². The molecule has 0 aliphatic carbocycles. The van der Waals surface area contributed by atoms with E-state index >= 15 is 0 Å². The van der Waals surface area contributed by atoms with Crippen LogP contribution in [0.15, 0.2) is 15.2 Å². The van der Waals surface area contributed by atoms with Gasteiger partial charge in [0.2, 0.25) is 11.0 Å². The van der Waals surface area contributed by atoms with Crippen molar-refractivity contribution in [3.63, 3.8) is 0 Å². The predicted octanol–water partition coefficient (Wildman–Crippen LogP) is 3.02. The smallest absolute Gasteiger partial charge is 0.236 e. The molecule has 0 atom stereocenters. The number of carbonyl (C=O) groups is 1. The van der Waals surface area contributed by atoms with Gasteiger partial charge in [0, 0.05) is 10.8 Å². The average Bonchev–Trinajstić information content (AvgIpc) is 2.95. The molecule has 5 nitrogen and oxygen atoms in total. The lowest BCUT2D eigenvalue weighted by Crippen LogP contribution is -2.14. The highest BCUT2D eigenvalue weighted by atomic mass is 32.2. The van der Waals surface area contributed by atoms with Crippen molar-refractivity contribution < 1.29 is 4.79 Å². The zero-order valence-electron chi connectivity index (χ0n) is 10.8. The summed E-state index contributed by atoms with van der Waals surface area (Å²) in [6, 6.07) is 0. The number of hydrogen-bond donors (Lipinski definition) is 1. The average molecular weight is 314 g/mol. The Hall–Kier alpha value is -0.990. The SMILES string of the molecule is CC(C)(C)c1csc(SCC(=O)Nc2nncs2)n1. The van der Waals surface area contributed by atoms with Crippen LogP contribution in [0.2, 0.25) is 0 Å². The third-order valence-corrected chi connectivity index (χ3v) is 4.81. The van der Waals surface area contributed by atoms with E-state index in [-0.39, 0.29) is 11.3 Å². The van der Waals surface area contributed by atoms with Gasteiger partial charge in [-0.2, -0.15) is 0 Å². The number of aromatic nitrogens is 3. The van der Waals surface area contributed by atoms with Crippen molar-refractivity contribution in [1.29, 1.82) is 0 Å². The molecule has 0 unspecified atom stereocenters. The van der Waals surface area contributed by atoms with Gasteiger partial charge in [-0.1, -0.05) is 43.9 Å². The van der Waals surface area contributed by atoms with E-state index in [4.69, 9.17) is 0 Å². The summed E-state index contributed by atoms with van der Waals surface area (Å²) in [6.07, 6.45) is 0. The van der Waals surface area contributed by atoms with E-state index in [9.17, 15) is 4.79 Å². The zero-order valence-corrected chi connectivity index (χ0v) is 13.3. The molecule has 2 rings (SSSR count). The third-order valence-electron chi connectivity index (χ3n) is 2.18. The molecule has 0 saturated carbocycles. The number of amides is 1. The van der Waals surface area contributed by atoms with E-state index in [1.165, 1.54) is 23.1 Å². The summed E-state index contributed by atoms with van der Waals surface area (Å²) in [6.45, 7) is 6.37. The van der Waals surface area contributed by atoms with E-state index in [1.807, 2.05) is 5.38 Å². The molecule has 0 aliphatic rings. The standard InChI is InChI=1S/C11H14N4OS3/c1-11(2,3)7-4-17-10(13-7)18-5-8(16)14-9-15-12-6-19-9/h4,6H,5H2,1-3H3,(H,14,15,16). The maximum atomic E-state index is 11.7. The molecular formula is C11H14N4OS3. The monoisotopic (exact) mass is 314 g/mol. The number of nitrogens with zero attached hydrogens (tertiary/aromatic N) is 3. The summed E-state index contributed by atoms with van der Waals surface area (Å²) < 4.78 is 0.914. The topological polar surface area (TPSA) is 67.8 Å². The summed E-state index contributed by atoms with van der Waals surface area (Å²) in [7, 11) is 0. The van der Waals surface area contributed by atoms with Crippen LogP contribution in [0.1, 0.15) is 26.5 Å². The van der Waals surface area contributed by atoms with E-state index in [0.29, 0.717) is 10.9 Å². The van der Waals surface area contributed by atoms with Gasteiger partial charge < -0.3 is 0 Å². The lowest BCUT2D eigenvalue weighted by atomic mass is 9.93. The maximum absolute atomic E-state index is 11.7. The van der Waals surface area contributed by atoms with Crippen LogP contribution in [0.4, 0.5) is 5.13 Å². The van der Waals surface area contributed by atoms with E-state index in [0.717, 1.165) is 10.0 Å². The Balaban J connectivity index is 1.85. The second kappa shape index (κ2) is 5.98. The summed E-state index contributed by atoms with van der Waals surface area (Å²) in [5, 5.41) is 12.7. The number of carbonyl (C=O) groups excluding carboxylic acids is 1. The number of thiazole rings is 1. The fraction of sp³-hybridized carbons (Fsp3) is 0.455. The molecule has 1 N–H and O–H groups in total. The Morgan fingerprint density at radius 2 is 2.21 bits per heavy atom. The first-order valence-electron chi connectivity index (χ1n) is 5.60. The van der Waals surface area contributed by atoms with Gasteiger partial charge in [0.15, 0.2) is 4.34 Å². The largest absolute Gasteiger partial charge is 0.300 e. The molecule has 0 aliphatic heterocycles. The van der Waals surface area contributed by atoms with Crippen molar-refractivity contribution in [2.24, 2.45) is 0 Å². The highest BCUT2D eigenvalue weighted by molar-refractivity contribution is 8.01. The Kier molecular flexibility index (Phi) is 4.54. The molecular weight excluding hydrogens is 300 g/mol. The van der Waals surface area contributed by atoms with Gasteiger partial charge in [0.05, 0.1) is 11.4 Å². The van der Waals surface area contributed by atoms with Gasteiger partial charge in [-0.05, 0) is 0 Å². The normalized spacial score (nSPS) is 11.5. The molecule has 2 aromatic heterocycles. The minimum Gasteiger partial charge on any atom is -0.300 e. The maximum Gasteiger partial charge on any atom is 0.236 e. The number of hydrogen-bond acceptors (Lipinski definition) is 7. The summed E-state index contributed by atoms with van der Waals surface area (Å²) in [4.78, 5) is 16.2. The van der Waals surface area contributed by atoms with Crippen LogP contribution in [0, 0.1) is 0 Å². The van der Waals surface area contributed by atoms with Crippen LogP contribution in [0.25, 0.3) is 0 Å². The van der Waals surface area contributed by atoms with Gasteiger partial charge in [-0.15, -0.1) is 21.5 Å². The molecule has 0 aromatic carbocycles. The Labute approximate surface area is 123 Å². The molecule has 0 radical (unpaired) electrons. The molecule has 0 spiro atoms. The Morgan fingerprint density at radius 3 is 2.79 bits per heavy atom. The predicted molar refractivity (Wildman–Crippen MR) is 80.1 cm³/mol. The van der Waals surface area contributed by atoms with Crippen LogP contribution in [-0.4, -0.2) is 26.8 Å². The summed E-state index contributed by atoms with van der Waals surface area (Å²) >= 11 is 4.32. The second-order valence-corrected chi connectivity index (χ2v) is 7.74. The summed E-state index contributed by atoms with van der Waals surface area (Å²) in [5.74, 6) is 0.241. The molecule has 8 heteroatoms. The minimum absolute atomic E-state index is 0.0458. The minimum atomic E-state index is -0.0886.